The number of thiazole rings is 1. The minimum absolute atomic E-state index is 0.0149. The molecular weight excluding hydrogens is 350 g/mol. The van der Waals surface area contributed by atoms with Gasteiger partial charge in [-0.15, -0.1) is 11.3 Å². The highest BCUT2D eigenvalue weighted by molar-refractivity contribution is 7.15. The Morgan fingerprint density at radius 1 is 1.42 bits per heavy atom. The molecule has 8 heteroatoms. The average molecular weight is 368 g/mol. The lowest BCUT2D eigenvalue weighted by Gasteiger charge is -2.34. The predicted molar refractivity (Wildman–Crippen MR) is 92.1 cm³/mol. The van der Waals surface area contributed by atoms with Gasteiger partial charge in [0.15, 0.2) is 16.4 Å². The van der Waals surface area contributed by atoms with Crippen molar-refractivity contribution in [3.05, 3.63) is 28.5 Å². The monoisotopic (exact) mass is 367 g/mol. The van der Waals surface area contributed by atoms with E-state index < -0.39 is 0 Å². The highest BCUT2D eigenvalue weighted by Gasteiger charge is 2.32. The molecule has 0 aliphatic carbocycles. The molecule has 2 aliphatic rings. The van der Waals surface area contributed by atoms with Crippen molar-refractivity contribution in [2.75, 3.05) is 26.3 Å². The fourth-order valence-electron chi connectivity index (χ4n) is 3.26. The van der Waals surface area contributed by atoms with Gasteiger partial charge >= 0.3 is 0 Å². The number of amides is 1. The van der Waals surface area contributed by atoms with Gasteiger partial charge in [0.05, 0.1) is 18.9 Å². The van der Waals surface area contributed by atoms with E-state index in [0.29, 0.717) is 24.9 Å². The third-order valence-electron chi connectivity index (χ3n) is 4.44. The minimum Gasteiger partial charge on any atom is -0.350 e. The van der Waals surface area contributed by atoms with Crippen LogP contribution in [0.3, 0.4) is 0 Å². The van der Waals surface area contributed by atoms with Crippen molar-refractivity contribution in [1.29, 1.82) is 0 Å². The molecule has 0 radical (unpaired) electrons. The van der Waals surface area contributed by atoms with Gasteiger partial charge in [-0.2, -0.15) is 0 Å². The second kappa shape index (κ2) is 6.84. The second-order valence-corrected chi connectivity index (χ2v) is 7.20. The predicted octanol–water partition coefficient (Wildman–Crippen LogP) is 2.67. The molecule has 2 aromatic heterocycles. The van der Waals surface area contributed by atoms with Crippen LogP contribution in [0, 0.1) is 5.92 Å². The number of aromatic nitrogens is 2. The number of carbonyl (C=O) groups excluding carboxylic acids is 1. The summed E-state index contributed by atoms with van der Waals surface area (Å²) in [5.74, 6) is 0.236. The van der Waals surface area contributed by atoms with Gasteiger partial charge in [0.1, 0.15) is 0 Å². The highest BCUT2D eigenvalue weighted by Crippen LogP contribution is 2.26. The number of rotatable bonds is 3. The molecule has 0 bridgehead atoms. The molecule has 0 aromatic carbocycles. The van der Waals surface area contributed by atoms with E-state index in [-0.39, 0.29) is 18.1 Å². The molecular formula is C16H18ClN3O3S. The molecule has 0 N–H and O–H groups in total. The van der Waals surface area contributed by atoms with E-state index >= 15 is 0 Å². The van der Waals surface area contributed by atoms with Gasteiger partial charge in [0, 0.05) is 36.7 Å². The highest BCUT2D eigenvalue weighted by atomic mass is 35.5. The Morgan fingerprint density at radius 2 is 2.25 bits per heavy atom. The molecule has 1 unspecified atom stereocenters. The molecule has 1 atom stereocenters. The third-order valence-corrected chi connectivity index (χ3v) is 5.47. The summed E-state index contributed by atoms with van der Waals surface area (Å²) in [7, 11) is 0. The van der Waals surface area contributed by atoms with Crippen molar-refractivity contribution < 1.29 is 14.3 Å². The van der Waals surface area contributed by atoms with E-state index in [2.05, 4.69) is 4.98 Å². The van der Waals surface area contributed by atoms with Gasteiger partial charge in [-0.1, -0.05) is 11.6 Å². The summed E-state index contributed by atoms with van der Waals surface area (Å²) >= 11 is 7.66. The average Bonchev–Trinajstić information content (AvgIpc) is 3.31. The number of fused-ring (bicyclic) bond motifs is 1. The first kappa shape index (κ1) is 16.1. The zero-order chi connectivity index (χ0) is 16.5. The first-order valence-electron chi connectivity index (χ1n) is 8.03. The van der Waals surface area contributed by atoms with Crippen molar-refractivity contribution in [3.63, 3.8) is 0 Å². The summed E-state index contributed by atoms with van der Waals surface area (Å²) in [5, 5.41) is 2.35. The number of carbonyl (C=O) groups is 1. The number of imidazole rings is 1. The van der Waals surface area contributed by atoms with Gasteiger partial charge in [0.25, 0.3) is 0 Å². The quantitative estimate of drug-likeness (QED) is 0.783. The van der Waals surface area contributed by atoms with Crippen LogP contribution in [-0.2, 0) is 14.3 Å². The molecule has 4 rings (SSSR count). The smallest absolute Gasteiger partial charge is 0.246 e. The maximum atomic E-state index is 12.5. The Bertz CT molecular complexity index is 766. The second-order valence-electron chi connectivity index (χ2n) is 5.97. The van der Waals surface area contributed by atoms with E-state index in [1.165, 1.54) is 11.3 Å². The number of hydrogen-bond donors (Lipinski definition) is 0. The molecule has 24 heavy (non-hydrogen) atoms. The van der Waals surface area contributed by atoms with Crippen molar-refractivity contribution in [2.24, 2.45) is 5.92 Å². The van der Waals surface area contributed by atoms with Crippen LogP contribution in [0.15, 0.2) is 17.7 Å². The maximum absolute atomic E-state index is 12.5. The van der Waals surface area contributed by atoms with Crippen molar-refractivity contribution in [2.45, 2.75) is 19.1 Å². The number of hydrogen-bond acceptors (Lipinski definition) is 5. The Balaban J connectivity index is 1.45. The topological polar surface area (TPSA) is 56.1 Å². The van der Waals surface area contributed by atoms with Crippen molar-refractivity contribution in [3.8, 4) is 0 Å². The molecule has 128 valence electrons. The summed E-state index contributed by atoms with van der Waals surface area (Å²) in [5.41, 5.74) is 0.734. The first-order chi connectivity index (χ1) is 11.7. The van der Waals surface area contributed by atoms with Gasteiger partial charge in [-0.25, -0.2) is 4.98 Å². The molecule has 2 aromatic rings. The number of likely N-dealkylation sites (tertiary alicyclic amines) is 1. The molecule has 1 amide bonds. The zero-order valence-electron chi connectivity index (χ0n) is 13.1. The van der Waals surface area contributed by atoms with E-state index in [9.17, 15) is 4.79 Å². The number of nitrogens with zero attached hydrogens (tertiary/aromatic N) is 3. The van der Waals surface area contributed by atoms with Crippen LogP contribution in [0.1, 0.15) is 18.5 Å². The molecule has 0 spiro atoms. The molecule has 4 heterocycles. The fourth-order valence-corrected chi connectivity index (χ4v) is 4.27. The van der Waals surface area contributed by atoms with E-state index in [4.69, 9.17) is 21.1 Å². The van der Waals surface area contributed by atoms with Gasteiger partial charge in [-0.3, -0.25) is 9.20 Å². The van der Waals surface area contributed by atoms with Crippen LogP contribution in [-0.4, -0.2) is 52.8 Å². The maximum Gasteiger partial charge on any atom is 0.246 e. The minimum atomic E-state index is -0.167. The summed E-state index contributed by atoms with van der Waals surface area (Å²) < 4.78 is 13.1. The summed E-state index contributed by atoms with van der Waals surface area (Å²) in [4.78, 5) is 19.5. The van der Waals surface area contributed by atoms with Gasteiger partial charge < -0.3 is 14.4 Å². The lowest BCUT2D eigenvalue weighted by Crippen LogP contribution is -2.43. The molecule has 0 saturated carbocycles. The lowest BCUT2D eigenvalue weighted by molar-refractivity contribution is -0.134. The zero-order valence-corrected chi connectivity index (χ0v) is 14.6. The molecule has 2 saturated heterocycles. The van der Waals surface area contributed by atoms with Crippen LogP contribution in [0.2, 0.25) is 5.15 Å². The Hall–Kier alpha value is -1.41. The van der Waals surface area contributed by atoms with Crippen LogP contribution in [0.4, 0.5) is 0 Å². The molecule has 6 nitrogen and oxygen atoms in total. The van der Waals surface area contributed by atoms with Crippen molar-refractivity contribution in [1.82, 2.24) is 14.3 Å². The Labute approximate surface area is 148 Å². The Morgan fingerprint density at radius 3 is 3.08 bits per heavy atom. The van der Waals surface area contributed by atoms with Crippen LogP contribution >= 0.6 is 22.9 Å². The van der Waals surface area contributed by atoms with E-state index in [1.807, 2.05) is 20.9 Å². The van der Waals surface area contributed by atoms with Gasteiger partial charge in [-0.05, 0) is 18.9 Å². The largest absolute Gasteiger partial charge is 0.350 e. The fraction of sp³-hybridized carbons (Fsp3) is 0.500. The standard InChI is InChI=1S/C16H18ClN3O3S/c17-14-12(20-6-9-24-16(20)18-14)3-4-13(21)19-5-1-2-11(10-19)15-22-7-8-23-15/h3-4,6,9,11,15H,1-2,5,7-8,10H2/b4-3+. The Kier molecular flexibility index (Phi) is 4.58. The van der Waals surface area contributed by atoms with Crippen LogP contribution in [0.5, 0.6) is 0 Å². The number of halogens is 1. The normalized spacial score (nSPS) is 22.9. The summed E-state index contributed by atoms with van der Waals surface area (Å²) in [6.45, 7) is 2.72. The number of piperidine rings is 1. The molecule has 2 aliphatic heterocycles. The van der Waals surface area contributed by atoms with Crippen LogP contribution in [0.25, 0.3) is 11.0 Å². The van der Waals surface area contributed by atoms with E-state index in [1.54, 1.807) is 12.2 Å². The van der Waals surface area contributed by atoms with Gasteiger partial charge in [0.2, 0.25) is 5.91 Å². The number of ether oxygens (including phenoxy) is 2. The summed E-state index contributed by atoms with van der Waals surface area (Å²) in [6, 6.07) is 0. The molecule has 2 fully saturated rings. The SMILES string of the molecule is O=C(/C=C/c1c(Cl)nc2sccn12)N1CCCC(C2OCCO2)C1. The van der Waals surface area contributed by atoms with Crippen molar-refractivity contribution >= 4 is 39.9 Å². The van der Waals surface area contributed by atoms with E-state index in [0.717, 1.165) is 30.0 Å². The third kappa shape index (κ3) is 3.09. The first-order valence-corrected chi connectivity index (χ1v) is 9.29. The van der Waals surface area contributed by atoms with Crippen LogP contribution < -0.4 is 0 Å². The lowest BCUT2D eigenvalue weighted by atomic mass is 9.97. The summed E-state index contributed by atoms with van der Waals surface area (Å²) in [6.07, 6.45) is 7.04.